The van der Waals surface area contributed by atoms with E-state index in [2.05, 4.69) is 29.6 Å². The van der Waals surface area contributed by atoms with E-state index in [1.807, 2.05) is 36.4 Å². The Morgan fingerprint density at radius 2 is 1.48 bits per heavy atom. The van der Waals surface area contributed by atoms with Crippen molar-refractivity contribution in [3.05, 3.63) is 71.8 Å². The third-order valence-corrected chi connectivity index (χ3v) is 3.21. The van der Waals surface area contributed by atoms with E-state index in [1.54, 1.807) is 6.92 Å². The lowest BCUT2D eigenvalue weighted by molar-refractivity contribution is 0.0799. The van der Waals surface area contributed by atoms with Crippen LogP contribution in [-0.4, -0.2) is 30.9 Å². The van der Waals surface area contributed by atoms with Gasteiger partial charge in [0.1, 0.15) is 6.10 Å². The molecule has 1 atom stereocenters. The minimum absolute atomic E-state index is 0.0549. The van der Waals surface area contributed by atoms with Crippen molar-refractivity contribution in [2.24, 2.45) is 0 Å². The van der Waals surface area contributed by atoms with Crippen LogP contribution in [0.5, 0.6) is 0 Å². The molecular weight excluding hydrogens is 262 g/mol. The second-order valence-electron chi connectivity index (χ2n) is 5.13. The van der Waals surface area contributed by atoms with E-state index in [-0.39, 0.29) is 12.2 Å². The summed E-state index contributed by atoms with van der Waals surface area (Å²) in [6.45, 7) is 3.68. The maximum Gasteiger partial charge on any atom is 0.108 e. The molecule has 0 aliphatic heterocycles. The van der Waals surface area contributed by atoms with E-state index in [0.717, 1.165) is 17.7 Å². The largest absolute Gasteiger partial charge is 0.392 e. The molecule has 0 heterocycles. The maximum absolute atomic E-state index is 9.21. The Kier molecular flexibility index (Phi) is 6.41. The highest BCUT2D eigenvalue weighted by Gasteiger charge is 2.13. The Labute approximate surface area is 126 Å². The molecule has 3 heteroatoms. The summed E-state index contributed by atoms with van der Waals surface area (Å²) < 4.78 is 6.05. The van der Waals surface area contributed by atoms with E-state index in [4.69, 9.17) is 4.74 Å². The summed E-state index contributed by atoms with van der Waals surface area (Å²) in [7, 11) is 0. The van der Waals surface area contributed by atoms with Gasteiger partial charge in [0.15, 0.2) is 0 Å². The quantitative estimate of drug-likeness (QED) is 0.733. The first-order valence-corrected chi connectivity index (χ1v) is 7.37. The SMILES string of the molecule is C[C@H](O)CNCCOC(c1ccccc1)c1ccccc1. The van der Waals surface area contributed by atoms with Crippen LogP contribution in [0.15, 0.2) is 60.7 Å². The van der Waals surface area contributed by atoms with Crippen molar-refractivity contribution in [3.63, 3.8) is 0 Å². The number of aliphatic hydroxyl groups excluding tert-OH is 1. The standard InChI is InChI=1S/C18H23NO2/c1-15(20)14-19-12-13-21-18(16-8-4-2-5-9-16)17-10-6-3-7-11-17/h2-11,15,18-20H,12-14H2,1H3/t15-/m0/s1. The summed E-state index contributed by atoms with van der Waals surface area (Å²) in [6.07, 6.45) is -0.384. The van der Waals surface area contributed by atoms with Crippen molar-refractivity contribution in [2.45, 2.75) is 19.1 Å². The predicted octanol–water partition coefficient (Wildman–Crippen LogP) is 2.76. The molecule has 112 valence electrons. The molecule has 0 aliphatic rings. The van der Waals surface area contributed by atoms with E-state index in [0.29, 0.717) is 13.2 Å². The molecule has 2 rings (SSSR count). The van der Waals surface area contributed by atoms with Crippen molar-refractivity contribution in [3.8, 4) is 0 Å². The van der Waals surface area contributed by atoms with Gasteiger partial charge in [-0.15, -0.1) is 0 Å². The van der Waals surface area contributed by atoms with Gasteiger partial charge in [-0.25, -0.2) is 0 Å². The van der Waals surface area contributed by atoms with Gasteiger partial charge in [-0.3, -0.25) is 0 Å². The number of hydrogen-bond donors (Lipinski definition) is 2. The molecule has 0 bridgehead atoms. The highest BCUT2D eigenvalue weighted by Crippen LogP contribution is 2.25. The normalized spacial score (nSPS) is 12.5. The van der Waals surface area contributed by atoms with Crippen LogP contribution in [0.3, 0.4) is 0 Å². The van der Waals surface area contributed by atoms with Gasteiger partial charge in [-0.05, 0) is 18.1 Å². The summed E-state index contributed by atoms with van der Waals surface area (Å²) in [4.78, 5) is 0. The smallest absolute Gasteiger partial charge is 0.108 e. The lowest BCUT2D eigenvalue weighted by Gasteiger charge is -2.19. The van der Waals surface area contributed by atoms with Crippen LogP contribution in [0.25, 0.3) is 0 Å². The van der Waals surface area contributed by atoms with Crippen molar-refractivity contribution in [1.29, 1.82) is 0 Å². The Hall–Kier alpha value is -1.68. The maximum atomic E-state index is 9.21. The summed E-state index contributed by atoms with van der Waals surface area (Å²) in [5.74, 6) is 0. The summed E-state index contributed by atoms with van der Waals surface area (Å²) in [5, 5.41) is 12.4. The number of nitrogens with one attached hydrogen (secondary N) is 1. The van der Waals surface area contributed by atoms with Crippen molar-refractivity contribution >= 4 is 0 Å². The zero-order valence-corrected chi connectivity index (χ0v) is 12.4. The average molecular weight is 285 g/mol. The highest BCUT2D eigenvalue weighted by molar-refractivity contribution is 5.29. The molecular formula is C18H23NO2. The molecule has 2 aromatic rings. The van der Waals surface area contributed by atoms with Gasteiger partial charge in [-0.2, -0.15) is 0 Å². The van der Waals surface area contributed by atoms with Crippen molar-refractivity contribution < 1.29 is 9.84 Å². The molecule has 0 saturated carbocycles. The molecule has 2 N–H and O–H groups in total. The van der Waals surface area contributed by atoms with Crippen LogP contribution in [0.4, 0.5) is 0 Å². The molecule has 0 aliphatic carbocycles. The van der Waals surface area contributed by atoms with Gasteiger partial charge in [0.05, 0.1) is 12.7 Å². The van der Waals surface area contributed by atoms with Gasteiger partial charge in [0.25, 0.3) is 0 Å². The van der Waals surface area contributed by atoms with Gasteiger partial charge in [-0.1, -0.05) is 60.7 Å². The fourth-order valence-corrected chi connectivity index (χ4v) is 2.20. The molecule has 3 nitrogen and oxygen atoms in total. The Balaban J connectivity index is 1.97. The summed E-state index contributed by atoms with van der Waals surface area (Å²) in [6, 6.07) is 20.5. The number of aliphatic hydroxyl groups is 1. The van der Waals surface area contributed by atoms with Gasteiger partial charge < -0.3 is 15.2 Å². The fraction of sp³-hybridized carbons (Fsp3) is 0.333. The highest BCUT2D eigenvalue weighted by atomic mass is 16.5. The average Bonchev–Trinajstić information content (AvgIpc) is 2.52. The Morgan fingerprint density at radius 3 is 1.95 bits per heavy atom. The predicted molar refractivity (Wildman–Crippen MR) is 85.2 cm³/mol. The summed E-state index contributed by atoms with van der Waals surface area (Å²) in [5.41, 5.74) is 2.30. The molecule has 0 unspecified atom stereocenters. The summed E-state index contributed by atoms with van der Waals surface area (Å²) >= 11 is 0. The van der Waals surface area contributed by atoms with Crippen LogP contribution in [-0.2, 0) is 4.74 Å². The van der Waals surface area contributed by atoms with Crippen LogP contribution in [0, 0.1) is 0 Å². The van der Waals surface area contributed by atoms with Crippen LogP contribution in [0.1, 0.15) is 24.2 Å². The number of rotatable bonds is 8. The molecule has 0 aromatic heterocycles. The lowest BCUT2D eigenvalue weighted by Crippen LogP contribution is -2.28. The van der Waals surface area contributed by atoms with E-state index in [1.165, 1.54) is 0 Å². The topological polar surface area (TPSA) is 41.5 Å². The molecule has 0 fully saturated rings. The molecule has 0 spiro atoms. The Morgan fingerprint density at radius 1 is 0.952 bits per heavy atom. The van der Waals surface area contributed by atoms with E-state index in [9.17, 15) is 5.11 Å². The second kappa shape index (κ2) is 8.57. The van der Waals surface area contributed by atoms with Crippen LogP contribution >= 0.6 is 0 Å². The number of ether oxygens (including phenoxy) is 1. The third-order valence-electron chi connectivity index (χ3n) is 3.21. The van der Waals surface area contributed by atoms with Gasteiger partial charge in [0, 0.05) is 13.1 Å². The lowest BCUT2D eigenvalue weighted by atomic mass is 10.0. The van der Waals surface area contributed by atoms with Crippen molar-refractivity contribution in [1.82, 2.24) is 5.32 Å². The number of benzene rings is 2. The fourth-order valence-electron chi connectivity index (χ4n) is 2.20. The minimum atomic E-state index is -0.330. The molecule has 0 radical (unpaired) electrons. The van der Waals surface area contributed by atoms with Gasteiger partial charge in [0.2, 0.25) is 0 Å². The van der Waals surface area contributed by atoms with Crippen LogP contribution < -0.4 is 5.32 Å². The number of hydrogen-bond acceptors (Lipinski definition) is 3. The minimum Gasteiger partial charge on any atom is -0.392 e. The van der Waals surface area contributed by atoms with E-state index < -0.39 is 0 Å². The molecule has 21 heavy (non-hydrogen) atoms. The van der Waals surface area contributed by atoms with E-state index >= 15 is 0 Å². The monoisotopic (exact) mass is 285 g/mol. The van der Waals surface area contributed by atoms with Gasteiger partial charge >= 0.3 is 0 Å². The first-order chi connectivity index (χ1) is 10.3. The zero-order valence-electron chi connectivity index (χ0n) is 12.4. The van der Waals surface area contributed by atoms with Crippen molar-refractivity contribution in [2.75, 3.05) is 19.7 Å². The third kappa shape index (κ3) is 5.31. The van der Waals surface area contributed by atoms with Crippen LogP contribution in [0.2, 0.25) is 0 Å². The molecule has 0 saturated heterocycles. The Bertz CT molecular complexity index is 460. The first kappa shape index (κ1) is 15.7. The molecule has 2 aromatic carbocycles. The zero-order chi connectivity index (χ0) is 14.9. The molecule has 0 amide bonds. The second-order valence-corrected chi connectivity index (χ2v) is 5.13. The first-order valence-electron chi connectivity index (χ1n) is 7.37.